The van der Waals surface area contributed by atoms with Crippen molar-refractivity contribution < 1.29 is 13.9 Å². The lowest BCUT2D eigenvalue weighted by atomic mass is 10.1. The van der Waals surface area contributed by atoms with Crippen molar-refractivity contribution in [3.63, 3.8) is 0 Å². The number of carbonyl (C=O) groups is 1. The van der Waals surface area contributed by atoms with Gasteiger partial charge in [-0.2, -0.15) is 10.1 Å². The molecule has 0 saturated carbocycles. The molecule has 0 aliphatic carbocycles. The van der Waals surface area contributed by atoms with Crippen LogP contribution in [0.5, 0.6) is 5.75 Å². The summed E-state index contributed by atoms with van der Waals surface area (Å²) in [5.74, 6) is 0.735. The van der Waals surface area contributed by atoms with E-state index in [1.807, 2.05) is 13.8 Å². The van der Waals surface area contributed by atoms with Gasteiger partial charge in [-0.25, -0.2) is 13.9 Å². The second-order valence-corrected chi connectivity index (χ2v) is 7.23. The van der Waals surface area contributed by atoms with Crippen molar-refractivity contribution in [2.75, 3.05) is 5.32 Å². The van der Waals surface area contributed by atoms with Crippen LogP contribution in [-0.2, 0) is 17.8 Å². The van der Waals surface area contributed by atoms with Crippen molar-refractivity contribution in [1.82, 2.24) is 19.6 Å². The molecule has 2 aromatic carbocycles. The predicted octanol–water partition coefficient (Wildman–Crippen LogP) is 4.03. The number of amides is 1. The second-order valence-electron chi connectivity index (χ2n) is 7.23. The van der Waals surface area contributed by atoms with Crippen molar-refractivity contribution >= 4 is 17.4 Å². The Labute approximate surface area is 178 Å². The van der Waals surface area contributed by atoms with Crippen LogP contribution in [0.25, 0.3) is 5.78 Å². The highest BCUT2D eigenvalue weighted by Crippen LogP contribution is 2.20. The van der Waals surface area contributed by atoms with E-state index in [4.69, 9.17) is 4.74 Å². The molecule has 0 radical (unpaired) electrons. The number of aromatic nitrogens is 4. The van der Waals surface area contributed by atoms with E-state index in [-0.39, 0.29) is 18.3 Å². The molecule has 0 bridgehead atoms. The Morgan fingerprint density at radius 2 is 2.00 bits per heavy atom. The van der Waals surface area contributed by atoms with Gasteiger partial charge in [0, 0.05) is 29.6 Å². The van der Waals surface area contributed by atoms with Crippen LogP contribution in [0, 0.1) is 19.7 Å². The van der Waals surface area contributed by atoms with Crippen molar-refractivity contribution in [2.45, 2.75) is 33.3 Å². The summed E-state index contributed by atoms with van der Waals surface area (Å²) in [5.41, 5.74) is 4.14. The topological polar surface area (TPSA) is 81.4 Å². The van der Waals surface area contributed by atoms with Gasteiger partial charge >= 0.3 is 0 Å². The highest BCUT2D eigenvalue weighted by atomic mass is 19.1. The normalized spacial score (nSPS) is 10.9. The molecule has 4 aromatic rings. The smallest absolute Gasteiger partial charge is 0.252 e. The lowest BCUT2D eigenvalue weighted by Gasteiger charge is -2.11. The molecule has 1 amide bonds. The van der Waals surface area contributed by atoms with Crippen LogP contribution < -0.4 is 10.1 Å². The lowest BCUT2D eigenvalue weighted by Crippen LogP contribution is -2.14. The molecule has 0 fully saturated rings. The van der Waals surface area contributed by atoms with Gasteiger partial charge < -0.3 is 10.1 Å². The largest absolute Gasteiger partial charge is 0.489 e. The average Bonchev–Trinajstić information content (AvgIpc) is 3.21. The SMILES string of the molecule is Cc1nc2ncnn2c(C)c1CCC(=O)Nc1cccc(OCc2cccc(F)c2)c1. The van der Waals surface area contributed by atoms with E-state index >= 15 is 0 Å². The second kappa shape index (κ2) is 8.91. The van der Waals surface area contributed by atoms with Crippen molar-refractivity contribution in [2.24, 2.45) is 0 Å². The molecule has 4 rings (SSSR count). The number of fused-ring (bicyclic) bond motifs is 1. The summed E-state index contributed by atoms with van der Waals surface area (Å²) >= 11 is 0. The van der Waals surface area contributed by atoms with E-state index in [2.05, 4.69) is 20.4 Å². The number of halogens is 1. The van der Waals surface area contributed by atoms with Gasteiger partial charge in [-0.3, -0.25) is 4.79 Å². The molecular weight excluding hydrogens is 397 g/mol. The number of nitrogens with zero attached hydrogens (tertiary/aromatic N) is 4. The summed E-state index contributed by atoms with van der Waals surface area (Å²) in [7, 11) is 0. The minimum absolute atomic E-state index is 0.111. The fourth-order valence-corrected chi connectivity index (χ4v) is 3.44. The number of ether oxygens (including phenoxy) is 1. The van der Waals surface area contributed by atoms with Gasteiger partial charge in [-0.15, -0.1) is 0 Å². The van der Waals surface area contributed by atoms with Crippen LogP contribution in [0.1, 0.15) is 28.9 Å². The Bertz CT molecular complexity index is 1240. The third-order valence-corrected chi connectivity index (χ3v) is 5.00. The van der Waals surface area contributed by atoms with E-state index in [1.54, 1.807) is 40.9 Å². The molecular formula is C23H22FN5O2. The molecule has 7 nitrogen and oxygen atoms in total. The Balaban J connectivity index is 1.36. The summed E-state index contributed by atoms with van der Waals surface area (Å²) in [5, 5.41) is 7.07. The molecule has 31 heavy (non-hydrogen) atoms. The number of anilines is 1. The van der Waals surface area contributed by atoms with Gasteiger partial charge in [0.1, 0.15) is 24.5 Å². The first-order valence-corrected chi connectivity index (χ1v) is 9.92. The maximum absolute atomic E-state index is 13.3. The molecule has 0 spiro atoms. The molecule has 0 unspecified atom stereocenters. The van der Waals surface area contributed by atoms with Crippen molar-refractivity contribution in [3.05, 3.63) is 83.2 Å². The third-order valence-electron chi connectivity index (χ3n) is 5.00. The van der Waals surface area contributed by atoms with Gasteiger partial charge in [0.2, 0.25) is 5.91 Å². The zero-order chi connectivity index (χ0) is 21.8. The molecule has 0 saturated heterocycles. The van der Waals surface area contributed by atoms with Crippen LogP contribution in [0.4, 0.5) is 10.1 Å². The van der Waals surface area contributed by atoms with Gasteiger partial charge in [0.25, 0.3) is 5.78 Å². The van der Waals surface area contributed by atoms with Crippen molar-refractivity contribution in [3.8, 4) is 5.75 Å². The number of rotatable bonds is 7. The Morgan fingerprint density at radius 3 is 2.84 bits per heavy atom. The maximum Gasteiger partial charge on any atom is 0.252 e. The molecule has 8 heteroatoms. The van der Waals surface area contributed by atoms with Gasteiger partial charge in [0.05, 0.1) is 0 Å². The fourth-order valence-electron chi connectivity index (χ4n) is 3.44. The minimum atomic E-state index is -0.300. The van der Waals surface area contributed by atoms with Crippen LogP contribution >= 0.6 is 0 Å². The van der Waals surface area contributed by atoms with Gasteiger partial charge in [0.15, 0.2) is 0 Å². The zero-order valence-corrected chi connectivity index (χ0v) is 17.3. The van der Waals surface area contributed by atoms with E-state index in [1.165, 1.54) is 18.5 Å². The highest BCUT2D eigenvalue weighted by molar-refractivity contribution is 5.91. The van der Waals surface area contributed by atoms with Crippen molar-refractivity contribution in [1.29, 1.82) is 0 Å². The van der Waals surface area contributed by atoms with Crippen LogP contribution in [0.3, 0.4) is 0 Å². The maximum atomic E-state index is 13.3. The summed E-state index contributed by atoms with van der Waals surface area (Å²) < 4.78 is 20.7. The molecule has 2 aromatic heterocycles. The van der Waals surface area contributed by atoms with Gasteiger partial charge in [-0.1, -0.05) is 18.2 Å². The number of aryl methyl sites for hydroxylation is 2. The van der Waals surface area contributed by atoms with E-state index in [0.717, 1.165) is 22.5 Å². The molecule has 0 aliphatic heterocycles. The van der Waals surface area contributed by atoms with Gasteiger partial charge in [-0.05, 0) is 55.7 Å². The Hall–Kier alpha value is -3.81. The van der Waals surface area contributed by atoms with Crippen LogP contribution in [0.2, 0.25) is 0 Å². The lowest BCUT2D eigenvalue weighted by molar-refractivity contribution is -0.116. The number of nitrogens with one attached hydrogen (secondary N) is 1. The number of hydrogen-bond acceptors (Lipinski definition) is 5. The van der Waals surface area contributed by atoms with E-state index < -0.39 is 0 Å². The number of benzene rings is 2. The first-order valence-electron chi connectivity index (χ1n) is 9.92. The fraction of sp³-hybridized carbons (Fsp3) is 0.217. The standard InChI is InChI=1S/C23H22FN5O2/c1-15-21(16(2)29-23(27-15)25-14-26-29)9-10-22(30)28-19-7-4-8-20(12-19)31-13-17-5-3-6-18(24)11-17/h3-8,11-12,14H,9-10,13H2,1-2H3,(H,28,30). The minimum Gasteiger partial charge on any atom is -0.489 e. The number of hydrogen-bond donors (Lipinski definition) is 1. The molecule has 0 aliphatic rings. The number of carbonyl (C=O) groups excluding carboxylic acids is 1. The van der Waals surface area contributed by atoms with Crippen LogP contribution in [0.15, 0.2) is 54.9 Å². The Morgan fingerprint density at radius 1 is 1.16 bits per heavy atom. The average molecular weight is 419 g/mol. The highest BCUT2D eigenvalue weighted by Gasteiger charge is 2.13. The molecule has 158 valence electrons. The first kappa shape index (κ1) is 20.5. The molecule has 1 N–H and O–H groups in total. The quantitative estimate of drug-likeness (QED) is 0.489. The van der Waals surface area contributed by atoms with E-state index in [9.17, 15) is 9.18 Å². The van der Waals surface area contributed by atoms with E-state index in [0.29, 0.717) is 30.1 Å². The monoisotopic (exact) mass is 419 g/mol. The third kappa shape index (κ3) is 4.85. The summed E-state index contributed by atoms with van der Waals surface area (Å²) in [6, 6.07) is 13.4. The van der Waals surface area contributed by atoms with Crippen LogP contribution in [-0.4, -0.2) is 25.5 Å². The molecule has 2 heterocycles. The summed E-state index contributed by atoms with van der Waals surface area (Å²) in [4.78, 5) is 21.1. The molecule has 0 atom stereocenters. The predicted molar refractivity (Wildman–Crippen MR) is 114 cm³/mol. The first-order chi connectivity index (χ1) is 15.0. The summed E-state index contributed by atoms with van der Waals surface area (Å²) in [6.07, 6.45) is 2.31. The summed E-state index contributed by atoms with van der Waals surface area (Å²) in [6.45, 7) is 4.10. The zero-order valence-electron chi connectivity index (χ0n) is 17.3. The Kier molecular flexibility index (Phi) is 5.88.